The fraction of sp³-hybridized carbons (Fsp3) is 1.00. The Balaban J connectivity index is 2.07. The molecule has 0 aliphatic heterocycles. The van der Waals surface area contributed by atoms with E-state index in [2.05, 4.69) is 5.32 Å². The molecule has 0 saturated heterocycles. The van der Waals surface area contributed by atoms with E-state index in [9.17, 15) is 13.2 Å². The number of rotatable bonds is 6. The fourth-order valence-electron chi connectivity index (χ4n) is 2.25. The maximum atomic E-state index is 12.4. The predicted octanol–water partition coefficient (Wildman–Crippen LogP) is 3.12. The van der Waals surface area contributed by atoms with Gasteiger partial charge in [-0.2, -0.15) is 13.2 Å². The van der Waals surface area contributed by atoms with E-state index in [-0.39, 0.29) is 18.9 Å². The van der Waals surface area contributed by atoms with Gasteiger partial charge in [0.25, 0.3) is 0 Å². The molecule has 1 aliphatic rings. The van der Waals surface area contributed by atoms with Gasteiger partial charge in [0.05, 0.1) is 5.92 Å². The van der Waals surface area contributed by atoms with E-state index >= 15 is 0 Å². The summed E-state index contributed by atoms with van der Waals surface area (Å²) in [4.78, 5) is 0. The smallest absolute Gasteiger partial charge is 0.382 e. The molecule has 0 spiro atoms. The van der Waals surface area contributed by atoms with Crippen LogP contribution in [0.15, 0.2) is 0 Å². The number of ether oxygens (including phenoxy) is 1. The zero-order valence-corrected chi connectivity index (χ0v) is 10.4. The van der Waals surface area contributed by atoms with E-state index in [0.717, 1.165) is 26.2 Å². The molecule has 2 nitrogen and oxygen atoms in total. The van der Waals surface area contributed by atoms with Crippen LogP contribution < -0.4 is 5.32 Å². The molecule has 0 atom stereocenters. The molecule has 5 heteroatoms. The van der Waals surface area contributed by atoms with Crippen LogP contribution in [0, 0.1) is 5.92 Å². The quantitative estimate of drug-likeness (QED) is 0.734. The topological polar surface area (TPSA) is 21.3 Å². The Morgan fingerprint density at radius 1 is 1.18 bits per heavy atom. The third kappa shape index (κ3) is 5.73. The van der Waals surface area contributed by atoms with E-state index in [1.54, 1.807) is 0 Å². The molecule has 0 amide bonds. The first-order valence-corrected chi connectivity index (χ1v) is 6.42. The van der Waals surface area contributed by atoms with E-state index in [1.165, 1.54) is 0 Å². The Hall–Kier alpha value is -0.290. The molecule has 1 rings (SSSR count). The van der Waals surface area contributed by atoms with Gasteiger partial charge in [0, 0.05) is 19.3 Å². The summed E-state index contributed by atoms with van der Waals surface area (Å²) in [6.45, 7) is 4.23. The second kappa shape index (κ2) is 7.21. The number of nitrogens with one attached hydrogen (secondary N) is 1. The van der Waals surface area contributed by atoms with Crippen molar-refractivity contribution in [2.45, 2.75) is 51.2 Å². The van der Waals surface area contributed by atoms with Gasteiger partial charge in [-0.15, -0.1) is 0 Å². The monoisotopic (exact) mass is 253 g/mol. The molecule has 102 valence electrons. The number of alkyl halides is 3. The standard InChI is InChI=1S/C12H22F3NO/c1-2-17-9-3-8-16-11-6-4-10(5-7-11)12(13,14)15/h10-11,16H,2-9H2,1H3. The Kier molecular flexibility index (Phi) is 6.27. The third-order valence-electron chi connectivity index (χ3n) is 3.29. The summed E-state index contributed by atoms with van der Waals surface area (Å²) in [5, 5.41) is 3.31. The molecule has 0 radical (unpaired) electrons. The zero-order valence-electron chi connectivity index (χ0n) is 10.4. The molecular weight excluding hydrogens is 231 g/mol. The van der Waals surface area contributed by atoms with Crippen LogP contribution >= 0.6 is 0 Å². The van der Waals surface area contributed by atoms with Crippen molar-refractivity contribution in [3.63, 3.8) is 0 Å². The number of hydrogen-bond acceptors (Lipinski definition) is 2. The van der Waals surface area contributed by atoms with E-state index in [0.29, 0.717) is 12.8 Å². The van der Waals surface area contributed by atoms with Gasteiger partial charge >= 0.3 is 6.18 Å². The molecule has 1 N–H and O–H groups in total. The minimum absolute atomic E-state index is 0.259. The van der Waals surface area contributed by atoms with Crippen LogP contribution in [-0.2, 0) is 4.74 Å². The van der Waals surface area contributed by atoms with Crippen LogP contribution in [0.1, 0.15) is 39.0 Å². The van der Waals surface area contributed by atoms with Crippen molar-refractivity contribution in [3.8, 4) is 0 Å². The van der Waals surface area contributed by atoms with Crippen molar-refractivity contribution < 1.29 is 17.9 Å². The third-order valence-corrected chi connectivity index (χ3v) is 3.29. The molecule has 1 saturated carbocycles. The lowest BCUT2D eigenvalue weighted by molar-refractivity contribution is -0.182. The molecule has 1 aliphatic carbocycles. The lowest BCUT2D eigenvalue weighted by Crippen LogP contribution is -2.37. The van der Waals surface area contributed by atoms with Crippen molar-refractivity contribution in [2.24, 2.45) is 5.92 Å². The molecule has 0 aromatic heterocycles. The van der Waals surface area contributed by atoms with Crippen molar-refractivity contribution in [3.05, 3.63) is 0 Å². The van der Waals surface area contributed by atoms with E-state index < -0.39 is 12.1 Å². The van der Waals surface area contributed by atoms with Crippen LogP contribution in [0.4, 0.5) is 13.2 Å². The zero-order chi connectivity index (χ0) is 12.7. The molecule has 17 heavy (non-hydrogen) atoms. The molecular formula is C12H22F3NO. The molecule has 0 bridgehead atoms. The van der Waals surface area contributed by atoms with Crippen molar-refractivity contribution >= 4 is 0 Å². The normalized spacial score (nSPS) is 26.1. The second-order valence-electron chi connectivity index (χ2n) is 4.59. The largest absolute Gasteiger partial charge is 0.391 e. The molecule has 0 aromatic carbocycles. The minimum atomic E-state index is -4.00. The Labute approximate surface area is 101 Å². The van der Waals surface area contributed by atoms with Gasteiger partial charge in [0.15, 0.2) is 0 Å². The molecule has 0 unspecified atom stereocenters. The lowest BCUT2D eigenvalue weighted by atomic mass is 9.85. The highest BCUT2D eigenvalue weighted by molar-refractivity contribution is 4.80. The van der Waals surface area contributed by atoms with Gasteiger partial charge in [0.1, 0.15) is 0 Å². The van der Waals surface area contributed by atoms with E-state index in [1.807, 2.05) is 6.92 Å². The predicted molar refractivity (Wildman–Crippen MR) is 60.9 cm³/mol. The molecule has 0 aromatic rings. The Bertz CT molecular complexity index is 200. The van der Waals surface area contributed by atoms with Crippen LogP contribution in [0.2, 0.25) is 0 Å². The average Bonchev–Trinajstić information content (AvgIpc) is 2.28. The van der Waals surface area contributed by atoms with Crippen molar-refractivity contribution in [1.82, 2.24) is 5.32 Å². The molecule has 1 fully saturated rings. The lowest BCUT2D eigenvalue weighted by Gasteiger charge is -2.30. The first kappa shape index (κ1) is 14.8. The highest BCUT2D eigenvalue weighted by atomic mass is 19.4. The highest BCUT2D eigenvalue weighted by Crippen LogP contribution is 2.37. The van der Waals surface area contributed by atoms with Gasteiger partial charge in [-0.1, -0.05) is 0 Å². The SMILES string of the molecule is CCOCCCNC1CCC(C(F)(F)F)CC1. The fourth-order valence-corrected chi connectivity index (χ4v) is 2.25. The number of halogens is 3. The number of hydrogen-bond donors (Lipinski definition) is 1. The van der Waals surface area contributed by atoms with Crippen LogP contribution in [0.25, 0.3) is 0 Å². The van der Waals surface area contributed by atoms with Gasteiger partial charge < -0.3 is 10.1 Å². The summed E-state index contributed by atoms with van der Waals surface area (Å²) in [6.07, 6.45) is -1.26. The Morgan fingerprint density at radius 2 is 1.82 bits per heavy atom. The van der Waals surface area contributed by atoms with Gasteiger partial charge in [-0.3, -0.25) is 0 Å². The van der Waals surface area contributed by atoms with Crippen molar-refractivity contribution in [2.75, 3.05) is 19.8 Å². The molecule has 0 heterocycles. The maximum absolute atomic E-state index is 12.4. The average molecular weight is 253 g/mol. The van der Waals surface area contributed by atoms with Crippen molar-refractivity contribution in [1.29, 1.82) is 0 Å². The van der Waals surface area contributed by atoms with Crippen LogP contribution in [-0.4, -0.2) is 32.0 Å². The van der Waals surface area contributed by atoms with Crippen LogP contribution in [0.5, 0.6) is 0 Å². The summed E-state index contributed by atoms with van der Waals surface area (Å²) >= 11 is 0. The van der Waals surface area contributed by atoms with Gasteiger partial charge in [-0.25, -0.2) is 0 Å². The highest BCUT2D eigenvalue weighted by Gasteiger charge is 2.41. The van der Waals surface area contributed by atoms with E-state index in [4.69, 9.17) is 4.74 Å². The Morgan fingerprint density at radius 3 is 2.35 bits per heavy atom. The summed E-state index contributed by atoms with van der Waals surface area (Å²) in [5.41, 5.74) is 0. The summed E-state index contributed by atoms with van der Waals surface area (Å²) in [7, 11) is 0. The first-order valence-electron chi connectivity index (χ1n) is 6.42. The minimum Gasteiger partial charge on any atom is -0.382 e. The van der Waals surface area contributed by atoms with Crippen LogP contribution in [0.3, 0.4) is 0 Å². The first-order chi connectivity index (χ1) is 8.04. The second-order valence-corrected chi connectivity index (χ2v) is 4.59. The maximum Gasteiger partial charge on any atom is 0.391 e. The summed E-state index contributed by atoms with van der Waals surface area (Å²) in [6, 6.07) is 0.259. The summed E-state index contributed by atoms with van der Waals surface area (Å²) < 4.78 is 42.5. The van der Waals surface area contributed by atoms with Gasteiger partial charge in [-0.05, 0) is 45.6 Å². The summed E-state index contributed by atoms with van der Waals surface area (Å²) in [5.74, 6) is -1.08. The van der Waals surface area contributed by atoms with Gasteiger partial charge in [0.2, 0.25) is 0 Å².